The van der Waals surface area contributed by atoms with Crippen LogP contribution in [0.1, 0.15) is 76.3 Å². The Labute approximate surface area is 264 Å². The van der Waals surface area contributed by atoms with E-state index in [-0.39, 0.29) is 31.5 Å². The Balaban J connectivity index is 1.46. The van der Waals surface area contributed by atoms with E-state index in [0.29, 0.717) is 25.8 Å². The highest BCUT2D eigenvalue weighted by atomic mass is 16.6. The third kappa shape index (κ3) is 12.2. The van der Waals surface area contributed by atoms with Crippen LogP contribution in [-0.2, 0) is 46.6 Å². The van der Waals surface area contributed by atoms with Crippen molar-refractivity contribution >= 4 is 29.8 Å². The fraction of sp³-hybridized carbons (Fsp3) is 0.500. The van der Waals surface area contributed by atoms with Crippen molar-refractivity contribution in [2.75, 3.05) is 6.54 Å². The molecule has 1 heterocycles. The quantitative estimate of drug-likeness (QED) is 0.119. The van der Waals surface area contributed by atoms with Gasteiger partial charge in [0.15, 0.2) is 6.10 Å². The SMILES string of the molecule is CCCCCC[C@H]1C(=O)O[C@@H]1C(=O)NCCCC[C@H](NC(=O)OCc1ccccc1)C(=O)N[C@@H](C)C(=O)OCc1ccccc1. The molecule has 1 aliphatic rings. The second kappa shape index (κ2) is 19.1. The molecule has 0 aliphatic carbocycles. The van der Waals surface area contributed by atoms with Crippen LogP contribution in [0.5, 0.6) is 0 Å². The fourth-order valence-electron chi connectivity index (χ4n) is 4.83. The van der Waals surface area contributed by atoms with Gasteiger partial charge in [-0.2, -0.15) is 0 Å². The average Bonchev–Trinajstić information content (AvgIpc) is 3.05. The molecule has 2 aromatic rings. The van der Waals surface area contributed by atoms with E-state index in [9.17, 15) is 24.0 Å². The van der Waals surface area contributed by atoms with Crippen LogP contribution in [0.25, 0.3) is 0 Å². The Morgan fingerprint density at radius 2 is 1.47 bits per heavy atom. The summed E-state index contributed by atoms with van der Waals surface area (Å²) in [6.45, 7) is 4.03. The lowest BCUT2D eigenvalue weighted by Gasteiger charge is -2.33. The van der Waals surface area contributed by atoms with Crippen molar-refractivity contribution < 1.29 is 38.2 Å². The summed E-state index contributed by atoms with van der Waals surface area (Å²) < 4.78 is 15.7. The largest absolute Gasteiger partial charge is 0.459 e. The van der Waals surface area contributed by atoms with Gasteiger partial charge in [-0.3, -0.25) is 14.4 Å². The third-order valence-electron chi connectivity index (χ3n) is 7.51. The summed E-state index contributed by atoms with van der Waals surface area (Å²) in [5.74, 6) is -2.23. The molecular weight excluding hydrogens is 578 g/mol. The Kier molecular flexibility index (Phi) is 14.9. The van der Waals surface area contributed by atoms with Crippen molar-refractivity contribution in [3.8, 4) is 0 Å². The monoisotopic (exact) mass is 623 g/mol. The maximum atomic E-state index is 13.1. The molecule has 244 valence electrons. The Morgan fingerprint density at radius 1 is 0.822 bits per heavy atom. The molecule has 2 aromatic carbocycles. The molecule has 4 atom stereocenters. The van der Waals surface area contributed by atoms with Crippen molar-refractivity contribution in [3.63, 3.8) is 0 Å². The van der Waals surface area contributed by atoms with Crippen LogP contribution in [0.15, 0.2) is 60.7 Å². The number of cyclic esters (lactones) is 1. The summed E-state index contributed by atoms with van der Waals surface area (Å²) >= 11 is 0. The number of ether oxygens (including phenoxy) is 3. The van der Waals surface area contributed by atoms with Crippen LogP contribution in [0.4, 0.5) is 4.79 Å². The number of amides is 3. The molecule has 3 rings (SSSR count). The lowest BCUT2D eigenvalue weighted by molar-refractivity contribution is -0.189. The molecule has 11 nitrogen and oxygen atoms in total. The summed E-state index contributed by atoms with van der Waals surface area (Å²) in [5.41, 5.74) is 1.61. The van der Waals surface area contributed by atoms with Crippen molar-refractivity contribution in [2.45, 2.75) is 96.6 Å². The molecule has 1 aliphatic heterocycles. The summed E-state index contributed by atoms with van der Waals surface area (Å²) in [7, 11) is 0. The number of hydrogen-bond donors (Lipinski definition) is 3. The van der Waals surface area contributed by atoms with Gasteiger partial charge in [0, 0.05) is 6.54 Å². The van der Waals surface area contributed by atoms with E-state index in [1.165, 1.54) is 6.92 Å². The Morgan fingerprint density at radius 3 is 2.09 bits per heavy atom. The molecule has 45 heavy (non-hydrogen) atoms. The maximum absolute atomic E-state index is 13.1. The minimum atomic E-state index is -0.992. The molecule has 0 saturated carbocycles. The van der Waals surface area contributed by atoms with Crippen LogP contribution < -0.4 is 16.0 Å². The maximum Gasteiger partial charge on any atom is 0.408 e. The van der Waals surface area contributed by atoms with Crippen LogP contribution in [-0.4, -0.2) is 54.6 Å². The van der Waals surface area contributed by atoms with Gasteiger partial charge in [0.2, 0.25) is 5.91 Å². The van der Waals surface area contributed by atoms with Gasteiger partial charge >= 0.3 is 18.0 Å². The number of unbranched alkanes of at least 4 members (excludes halogenated alkanes) is 4. The average molecular weight is 624 g/mol. The fourth-order valence-corrected chi connectivity index (χ4v) is 4.83. The van der Waals surface area contributed by atoms with Crippen LogP contribution in [0.2, 0.25) is 0 Å². The normalized spacial score (nSPS) is 16.7. The number of carbonyl (C=O) groups is 5. The molecule has 3 N–H and O–H groups in total. The summed E-state index contributed by atoms with van der Waals surface area (Å²) in [6, 6.07) is 16.4. The third-order valence-corrected chi connectivity index (χ3v) is 7.51. The van der Waals surface area contributed by atoms with Gasteiger partial charge in [0.1, 0.15) is 31.2 Å². The molecule has 0 bridgehead atoms. The second-order valence-corrected chi connectivity index (χ2v) is 11.2. The molecule has 0 spiro atoms. The molecule has 1 saturated heterocycles. The number of nitrogens with one attached hydrogen (secondary N) is 3. The smallest absolute Gasteiger partial charge is 0.408 e. The number of hydrogen-bond acceptors (Lipinski definition) is 8. The number of benzene rings is 2. The molecule has 11 heteroatoms. The molecule has 0 unspecified atom stereocenters. The van der Waals surface area contributed by atoms with E-state index < -0.39 is 42.1 Å². The summed E-state index contributed by atoms with van der Waals surface area (Å²) in [4.78, 5) is 62.6. The highest BCUT2D eigenvalue weighted by molar-refractivity contribution is 5.94. The van der Waals surface area contributed by atoms with E-state index in [1.54, 1.807) is 0 Å². The van der Waals surface area contributed by atoms with Gasteiger partial charge < -0.3 is 30.2 Å². The first-order valence-electron chi connectivity index (χ1n) is 15.7. The number of carbonyl (C=O) groups excluding carboxylic acids is 5. The first-order valence-corrected chi connectivity index (χ1v) is 15.7. The van der Waals surface area contributed by atoms with Crippen molar-refractivity contribution in [3.05, 3.63) is 71.8 Å². The standard InChI is InChI=1S/C34H45N3O8/c1-3-4-5-12-19-27-29(45-33(27)41)31(39)35-21-14-13-20-28(37-34(42)44-23-26-17-10-7-11-18-26)30(38)36-24(2)32(40)43-22-25-15-8-6-9-16-25/h6-11,15-18,24,27-29H,3-5,12-14,19-23H2,1-2H3,(H,35,39)(H,36,38)(H,37,42)/t24-,27+,28-,29-/m0/s1. The van der Waals surface area contributed by atoms with E-state index in [1.807, 2.05) is 60.7 Å². The van der Waals surface area contributed by atoms with E-state index >= 15 is 0 Å². The molecule has 1 fully saturated rings. The number of alkyl carbamates (subject to hydrolysis) is 1. The summed E-state index contributed by atoms with van der Waals surface area (Å²) in [5, 5.41) is 8.01. The number of esters is 2. The van der Waals surface area contributed by atoms with Crippen LogP contribution in [0.3, 0.4) is 0 Å². The van der Waals surface area contributed by atoms with Crippen molar-refractivity contribution in [2.24, 2.45) is 5.92 Å². The first kappa shape index (κ1) is 35.1. The van der Waals surface area contributed by atoms with Gasteiger partial charge in [-0.05, 0) is 43.7 Å². The van der Waals surface area contributed by atoms with Gasteiger partial charge in [-0.25, -0.2) is 9.59 Å². The molecule has 0 aromatic heterocycles. The zero-order valence-electron chi connectivity index (χ0n) is 26.1. The zero-order valence-corrected chi connectivity index (χ0v) is 26.1. The van der Waals surface area contributed by atoms with Crippen LogP contribution >= 0.6 is 0 Å². The van der Waals surface area contributed by atoms with Crippen molar-refractivity contribution in [1.82, 2.24) is 16.0 Å². The lowest BCUT2D eigenvalue weighted by Crippen LogP contribution is -2.54. The molecule has 0 radical (unpaired) electrons. The van der Waals surface area contributed by atoms with Crippen LogP contribution in [0, 0.1) is 5.92 Å². The zero-order chi connectivity index (χ0) is 32.4. The Bertz CT molecular complexity index is 1240. The van der Waals surface area contributed by atoms with E-state index in [2.05, 4.69) is 22.9 Å². The summed E-state index contributed by atoms with van der Waals surface area (Å²) in [6.07, 6.45) is 4.38. The van der Waals surface area contributed by atoms with E-state index in [4.69, 9.17) is 14.2 Å². The first-order chi connectivity index (χ1) is 21.8. The van der Waals surface area contributed by atoms with Gasteiger partial charge in [0.25, 0.3) is 5.91 Å². The highest BCUT2D eigenvalue weighted by Crippen LogP contribution is 2.28. The van der Waals surface area contributed by atoms with Crippen molar-refractivity contribution in [1.29, 1.82) is 0 Å². The minimum Gasteiger partial charge on any atom is -0.459 e. The highest BCUT2D eigenvalue weighted by Gasteiger charge is 2.46. The van der Waals surface area contributed by atoms with Gasteiger partial charge in [-0.1, -0.05) is 93.3 Å². The predicted molar refractivity (Wildman–Crippen MR) is 166 cm³/mol. The molecule has 3 amide bonds. The topological polar surface area (TPSA) is 149 Å². The predicted octanol–water partition coefficient (Wildman–Crippen LogP) is 4.33. The van der Waals surface area contributed by atoms with E-state index in [0.717, 1.165) is 36.8 Å². The number of rotatable bonds is 19. The van der Waals surface area contributed by atoms with Gasteiger partial charge in [-0.15, -0.1) is 0 Å². The van der Waals surface area contributed by atoms with Gasteiger partial charge in [0.05, 0.1) is 0 Å². The molecular formula is C34H45N3O8. The second-order valence-electron chi connectivity index (χ2n) is 11.2. The Hall–Kier alpha value is -4.41. The lowest BCUT2D eigenvalue weighted by atomic mass is 9.90. The minimum absolute atomic E-state index is 0.0284.